The molecule has 0 saturated heterocycles. The number of rotatable bonds is 5. The second-order valence-corrected chi connectivity index (χ2v) is 8.47. The molecule has 2 aromatic carbocycles. The Morgan fingerprint density at radius 3 is 1.89 bits per heavy atom. The molecule has 1 atom stereocenters. The maximum Gasteiger partial charge on any atom is 0.121 e. The molecular weight excluding hydrogens is 332 g/mol. The van der Waals surface area contributed by atoms with Crippen LogP contribution >= 0.6 is 0 Å². The Bertz CT molecular complexity index is 777. The number of aryl methyl sites for hydroxylation is 4. The fourth-order valence-electron chi connectivity index (χ4n) is 4.90. The van der Waals surface area contributed by atoms with Crippen LogP contribution in [0.5, 0.6) is 11.5 Å². The highest BCUT2D eigenvalue weighted by Crippen LogP contribution is 2.43. The summed E-state index contributed by atoms with van der Waals surface area (Å²) < 4.78 is 0. The topological polar surface area (TPSA) is 40.5 Å². The Kier molecular flexibility index (Phi) is 6.14. The highest BCUT2D eigenvalue weighted by atomic mass is 16.3. The molecule has 0 aromatic heterocycles. The van der Waals surface area contributed by atoms with Crippen molar-refractivity contribution in [2.24, 2.45) is 5.92 Å². The number of benzene rings is 2. The van der Waals surface area contributed by atoms with Crippen LogP contribution in [0.2, 0.25) is 0 Å². The van der Waals surface area contributed by atoms with Gasteiger partial charge in [0, 0.05) is 5.92 Å². The fraction of sp³-hybridized carbons (Fsp3) is 0.520. The lowest BCUT2D eigenvalue weighted by molar-refractivity contribution is 0.327. The summed E-state index contributed by atoms with van der Waals surface area (Å²) in [4.78, 5) is 0. The Labute approximate surface area is 164 Å². The van der Waals surface area contributed by atoms with Gasteiger partial charge in [0.25, 0.3) is 0 Å². The van der Waals surface area contributed by atoms with Gasteiger partial charge >= 0.3 is 0 Å². The molecule has 3 rings (SSSR count). The van der Waals surface area contributed by atoms with Gasteiger partial charge in [0.2, 0.25) is 0 Å². The highest BCUT2D eigenvalue weighted by Gasteiger charge is 2.28. The normalized spacial score (nSPS) is 16.4. The van der Waals surface area contributed by atoms with Crippen LogP contribution in [0, 0.1) is 26.7 Å². The molecule has 0 spiro atoms. The first-order chi connectivity index (χ1) is 12.9. The molecule has 0 amide bonds. The first-order valence-corrected chi connectivity index (χ1v) is 10.5. The van der Waals surface area contributed by atoms with Gasteiger partial charge in [-0.25, -0.2) is 0 Å². The number of aromatic hydroxyl groups is 2. The van der Waals surface area contributed by atoms with Crippen LogP contribution in [0.25, 0.3) is 0 Å². The lowest BCUT2D eigenvalue weighted by atomic mass is 9.72. The van der Waals surface area contributed by atoms with Gasteiger partial charge in [-0.15, -0.1) is 0 Å². The van der Waals surface area contributed by atoms with Gasteiger partial charge in [-0.05, 0) is 79.3 Å². The van der Waals surface area contributed by atoms with Gasteiger partial charge in [-0.3, -0.25) is 0 Å². The van der Waals surface area contributed by atoms with Gasteiger partial charge in [-0.2, -0.15) is 0 Å². The van der Waals surface area contributed by atoms with Crippen molar-refractivity contribution in [1.29, 1.82) is 0 Å². The van der Waals surface area contributed by atoms with E-state index in [-0.39, 0.29) is 0 Å². The molecule has 0 heterocycles. The van der Waals surface area contributed by atoms with E-state index in [1.54, 1.807) is 0 Å². The van der Waals surface area contributed by atoms with E-state index < -0.39 is 0 Å². The van der Waals surface area contributed by atoms with Crippen LogP contribution in [0.4, 0.5) is 0 Å². The first kappa shape index (κ1) is 19.8. The molecule has 1 saturated carbocycles. The van der Waals surface area contributed by atoms with Gasteiger partial charge in [-0.1, -0.05) is 56.9 Å². The summed E-state index contributed by atoms with van der Waals surface area (Å²) in [6, 6.07) is 8.76. The molecule has 1 aliphatic rings. The summed E-state index contributed by atoms with van der Waals surface area (Å²) in [6.45, 7) is 8.17. The Balaban J connectivity index is 2.13. The average molecular weight is 367 g/mol. The molecule has 2 heteroatoms. The summed E-state index contributed by atoms with van der Waals surface area (Å²) in [5, 5.41) is 20.8. The SMILES string of the molecule is CCCc1cc(C(c2cc(C)c(O)c(C)c2)C2CCCCC2)cc(C)c1O. The number of phenolic OH excluding ortho intramolecular Hbond substituents is 2. The van der Waals surface area contributed by atoms with E-state index in [0.29, 0.717) is 23.3 Å². The van der Waals surface area contributed by atoms with E-state index >= 15 is 0 Å². The lowest BCUT2D eigenvalue weighted by Crippen LogP contribution is -2.18. The lowest BCUT2D eigenvalue weighted by Gasteiger charge is -2.32. The van der Waals surface area contributed by atoms with E-state index in [1.165, 1.54) is 43.2 Å². The van der Waals surface area contributed by atoms with Crippen molar-refractivity contribution in [3.05, 3.63) is 57.6 Å². The minimum Gasteiger partial charge on any atom is -0.507 e. The third kappa shape index (κ3) is 4.15. The van der Waals surface area contributed by atoms with Crippen molar-refractivity contribution >= 4 is 0 Å². The smallest absolute Gasteiger partial charge is 0.121 e. The number of phenols is 2. The fourth-order valence-corrected chi connectivity index (χ4v) is 4.90. The quantitative estimate of drug-likeness (QED) is 0.619. The first-order valence-electron chi connectivity index (χ1n) is 10.5. The summed E-state index contributed by atoms with van der Waals surface area (Å²) in [6.07, 6.45) is 8.39. The largest absolute Gasteiger partial charge is 0.507 e. The van der Waals surface area contributed by atoms with Crippen LogP contribution in [0.3, 0.4) is 0 Å². The van der Waals surface area contributed by atoms with Crippen molar-refractivity contribution in [3.8, 4) is 11.5 Å². The molecule has 2 aromatic rings. The molecular formula is C25H34O2. The second kappa shape index (κ2) is 8.37. The average Bonchev–Trinajstić information content (AvgIpc) is 2.65. The summed E-state index contributed by atoms with van der Waals surface area (Å²) in [5.74, 6) is 1.83. The van der Waals surface area contributed by atoms with E-state index in [2.05, 4.69) is 31.2 Å². The van der Waals surface area contributed by atoms with E-state index in [0.717, 1.165) is 35.1 Å². The molecule has 27 heavy (non-hydrogen) atoms. The molecule has 0 bridgehead atoms. The Morgan fingerprint density at radius 2 is 1.33 bits per heavy atom. The van der Waals surface area contributed by atoms with Crippen molar-refractivity contribution < 1.29 is 10.2 Å². The molecule has 1 aliphatic carbocycles. The minimum absolute atomic E-state index is 0.332. The summed E-state index contributed by atoms with van der Waals surface area (Å²) in [7, 11) is 0. The minimum atomic E-state index is 0.332. The molecule has 0 aliphatic heterocycles. The van der Waals surface area contributed by atoms with Crippen LogP contribution in [0.15, 0.2) is 24.3 Å². The molecule has 2 N–H and O–H groups in total. The van der Waals surface area contributed by atoms with Gasteiger partial charge in [0.15, 0.2) is 0 Å². The standard InChI is InChI=1S/C25H34O2/c1-5-9-20-15-22(14-18(4)25(20)27)23(19-10-7-6-8-11-19)21-12-16(2)24(26)17(3)13-21/h12-15,19,23,26-27H,5-11H2,1-4H3. The van der Waals surface area contributed by atoms with Crippen LogP contribution < -0.4 is 0 Å². The third-order valence-electron chi connectivity index (χ3n) is 6.27. The van der Waals surface area contributed by atoms with Crippen molar-refractivity contribution in [1.82, 2.24) is 0 Å². The van der Waals surface area contributed by atoms with Crippen molar-refractivity contribution in [2.75, 3.05) is 0 Å². The van der Waals surface area contributed by atoms with Crippen molar-refractivity contribution in [3.63, 3.8) is 0 Å². The van der Waals surface area contributed by atoms with E-state index in [1.807, 2.05) is 20.8 Å². The Hall–Kier alpha value is -1.96. The predicted molar refractivity (Wildman–Crippen MR) is 113 cm³/mol. The van der Waals surface area contributed by atoms with Gasteiger partial charge in [0.05, 0.1) is 0 Å². The van der Waals surface area contributed by atoms with Crippen molar-refractivity contribution in [2.45, 2.75) is 78.6 Å². The molecule has 2 nitrogen and oxygen atoms in total. The monoisotopic (exact) mass is 366 g/mol. The van der Waals surface area contributed by atoms with Gasteiger partial charge < -0.3 is 10.2 Å². The molecule has 0 radical (unpaired) electrons. The van der Waals surface area contributed by atoms with Crippen LogP contribution in [0.1, 0.15) is 84.7 Å². The summed E-state index contributed by atoms with van der Waals surface area (Å²) >= 11 is 0. The number of hydrogen-bond donors (Lipinski definition) is 2. The zero-order valence-electron chi connectivity index (χ0n) is 17.3. The van der Waals surface area contributed by atoms with Crippen LogP contribution in [-0.2, 0) is 6.42 Å². The molecule has 146 valence electrons. The maximum absolute atomic E-state index is 10.5. The maximum atomic E-state index is 10.5. The molecule has 1 unspecified atom stereocenters. The summed E-state index contributed by atoms with van der Waals surface area (Å²) in [5.41, 5.74) is 6.59. The molecule has 1 fully saturated rings. The van der Waals surface area contributed by atoms with E-state index in [4.69, 9.17) is 0 Å². The predicted octanol–water partition coefficient (Wildman–Crippen LogP) is 6.69. The number of hydrogen-bond acceptors (Lipinski definition) is 2. The zero-order chi connectivity index (χ0) is 19.6. The highest BCUT2D eigenvalue weighted by molar-refractivity contribution is 5.50. The second-order valence-electron chi connectivity index (χ2n) is 8.47. The van der Waals surface area contributed by atoms with E-state index in [9.17, 15) is 10.2 Å². The zero-order valence-corrected chi connectivity index (χ0v) is 17.3. The van der Waals surface area contributed by atoms with Gasteiger partial charge in [0.1, 0.15) is 11.5 Å². The Morgan fingerprint density at radius 1 is 0.815 bits per heavy atom. The third-order valence-corrected chi connectivity index (χ3v) is 6.27. The van der Waals surface area contributed by atoms with Crippen LogP contribution in [-0.4, -0.2) is 10.2 Å².